The molecule has 0 aromatic heterocycles. The van der Waals surface area contributed by atoms with E-state index in [1.807, 2.05) is 6.08 Å². The molecular formula is C53H97NO9. The number of unbranched alkanes of at least 4 members (excludes halogenated alkanes) is 26. The van der Waals surface area contributed by atoms with Crippen LogP contribution < -0.4 is 5.32 Å². The second-order valence-electron chi connectivity index (χ2n) is 18.1. The number of aliphatic hydroxyl groups excluding tert-OH is 6. The van der Waals surface area contributed by atoms with Crippen LogP contribution in [0.4, 0.5) is 0 Å². The third-order valence-corrected chi connectivity index (χ3v) is 12.2. The standard InChI is InChI=1S/C53H97NO9/c1-3-5-7-9-11-13-15-17-19-21-22-23-24-26-28-30-32-34-36-38-40-42-47(57)52(61)54-45(44-62-53-51(60)50(59)49(58)48(43-55)63-53)46(56)41-39-37-35-33-31-29-27-25-20-18-16-14-12-10-8-6-4-2/h20,24-26,31,33,39,41,45-51,53,55-60H,3-19,21-23,27-30,32,34-38,40,42-44H2,1-2H3,(H,54,61)/b25-20+,26-24-,33-31+,41-39+. The van der Waals surface area contributed by atoms with Crippen LogP contribution in [0.5, 0.6) is 0 Å². The first-order chi connectivity index (χ1) is 30.8. The summed E-state index contributed by atoms with van der Waals surface area (Å²) in [5, 5.41) is 64.8. The summed E-state index contributed by atoms with van der Waals surface area (Å²) in [5.41, 5.74) is 0. The molecule has 1 heterocycles. The number of carbonyl (C=O) groups is 1. The summed E-state index contributed by atoms with van der Waals surface area (Å²) in [6.07, 6.45) is 44.9. The SMILES string of the molecule is CCCCCCCCC/C=C/CC/C=C/CC/C=C/C(O)C(COC1OC(CO)C(O)C(O)C1O)NC(=O)C(O)CCCCCCCC/C=C\CCCCCCCCCCCCC. The fraction of sp³-hybridized carbons (Fsp3) is 0.830. The number of allylic oxidation sites excluding steroid dienone is 7. The van der Waals surface area contributed by atoms with Crippen LogP contribution in [0.3, 0.4) is 0 Å². The quantitative estimate of drug-likeness (QED) is 0.0233. The lowest BCUT2D eigenvalue weighted by atomic mass is 9.99. The van der Waals surface area contributed by atoms with E-state index < -0.39 is 61.5 Å². The molecule has 8 unspecified atom stereocenters. The molecule has 10 nitrogen and oxygen atoms in total. The second-order valence-corrected chi connectivity index (χ2v) is 18.1. The van der Waals surface area contributed by atoms with E-state index in [9.17, 15) is 35.4 Å². The van der Waals surface area contributed by atoms with Gasteiger partial charge in [-0.15, -0.1) is 0 Å². The largest absolute Gasteiger partial charge is 0.394 e. The molecule has 0 bridgehead atoms. The molecule has 63 heavy (non-hydrogen) atoms. The highest BCUT2D eigenvalue weighted by atomic mass is 16.7. The van der Waals surface area contributed by atoms with Crippen molar-refractivity contribution in [3.8, 4) is 0 Å². The Bertz CT molecular complexity index is 1140. The van der Waals surface area contributed by atoms with E-state index in [1.165, 1.54) is 135 Å². The summed E-state index contributed by atoms with van der Waals surface area (Å²) in [6, 6.07) is -1.01. The van der Waals surface area contributed by atoms with Crippen LogP contribution in [0.15, 0.2) is 48.6 Å². The Morgan fingerprint density at radius 1 is 0.540 bits per heavy atom. The average molecular weight is 892 g/mol. The van der Waals surface area contributed by atoms with Gasteiger partial charge in [-0.3, -0.25) is 4.79 Å². The van der Waals surface area contributed by atoms with E-state index in [-0.39, 0.29) is 6.61 Å². The second kappa shape index (κ2) is 42.7. The van der Waals surface area contributed by atoms with Gasteiger partial charge >= 0.3 is 0 Å². The first-order valence-electron chi connectivity index (χ1n) is 26.0. The summed E-state index contributed by atoms with van der Waals surface area (Å²) in [5.74, 6) is -0.635. The molecule has 0 saturated carbocycles. The molecule has 1 aliphatic rings. The molecule has 10 heteroatoms. The highest BCUT2D eigenvalue weighted by molar-refractivity contribution is 5.80. The van der Waals surface area contributed by atoms with Crippen LogP contribution in [-0.2, 0) is 14.3 Å². The van der Waals surface area contributed by atoms with Gasteiger partial charge in [0.05, 0.1) is 25.4 Å². The van der Waals surface area contributed by atoms with Gasteiger partial charge in [0.2, 0.25) is 5.91 Å². The van der Waals surface area contributed by atoms with Crippen LogP contribution in [0.2, 0.25) is 0 Å². The number of aliphatic hydroxyl groups is 6. The summed E-state index contributed by atoms with van der Waals surface area (Å²) in [4.78, 5) is 13.1. The number of carbonyl (C=O) groups excluding carboxylic acids is 1. The lowest BCUT2D eigenvalue weighted by Crippen LogP contribution is -2.60. The molecule has 1 aliphatic heterocycles. The predicted octanol–water partition coefficient (Wildman–Crippen LogP) is 10.8. The molecule has 1 rings (SSSR count). The van der Waals surface area contributed by atoms with Crippen molar-refractivity contribution in [1.29, 1.82) is 0 Å². The molecular weight excluding hydrogens is 795 g/mol. The average Bonchev–Trinajstić information content (AvgIpc) is 3.28. The Labute approximate surface area is 385 Å². The fourth-order valence-corrected chi connectivity index (χ4v) is 7.95. The van der Waals surface area contributed by atoms with Crippen LogP contribution >= 0.6 is 0 Å². The van der Waals surface area contributed by atoms with Crippen molar-refractivity contribution in [3.63, 3.8) is 0 Å². The van der Waals surface area contributed by atoms with Crippen molar-refractivity contribution in [1.82, 2.24) is 5.32 Å². The van der Waals surface area contributed by atoms with E-state index in [0.717, 1.165) is 51.4 Å². The van der Waals surface area contributed by atoms with Gasteiger partial charge in [0.15, 0.2) is 6.29 Å². The number of rotatable bonds is 43. The van der Waals surface area contributed by atoms with E-state index in [1.54, 1.807) is 6.08 Å². The highest BCUT2D eigenvalue weighted by Gasteiger charge is 2.44. The van der Waals surface area contributed by atoms with Crippen LogP contribution in [-0.4, -0.2) is 98.7 Å². The van der Waals surface area contributed by atoms with Crippen LogP contribution in [0.1, 0.15) is 219 Å². The molecule has 0 aromatic carbocycles. The molecule has 8 atom stereocenters. The van der Waals surface area contributed by atoms with Gasteiger partial charge < -0.3 is 45.4 Å². The minimum Gasteiger partial charge on any atom is -0.394 e. The molecule has 0 aromatic rings. The number of hydrogen-bond acceptors (Lipinski definition) is 9. The van der Waals surface area contributed by atoms with Gasteiger partial charge in [0.25, 0.3) is 0 Å². The maximum absolute atomic E-state index is 13.1. The summed E-state index contributed by atoms with van der Waals surface area (Å²) < 4.78 is 11.1. The Balaban J connectivity index is 2.38. The number of amides is 1. The van der Waals surface area contributed by atoms with Gasteiger partial charge in [0.1, 0.15) is 30.5 Å². The molecule has 1 amide bonds. The van der Waals surface area contributed by atoms with Crippen LogP contribution in [0.25, 0.3) is 0 Å². The van der Waals surface area contributed by atoms with Gasteiger partial charge in [-0.2, -0.15) is 0 Å². The number of nitrogens with one attached hydrogen (secondary N) is 1. The summed E-state index contributed by atoms with van der Waals surface area (Å²) >= 11 is 0. The molecule has 1 saturated heterocycles. The van der Waals surface area contributed by atoms with Gasteiger partial charge in [0, 0.05) is 0 Å². The molecule has 1 fully saturated rings. The predicted molar refractivity (Wildman–Crippen MR) is 259 cm³/mol. The highest BCUT2D eigenvalue weighted by Crippen LogP contribution is 2.23. The lowest BCUT2D eigenvalue weighted by molar-refractivity contribution is -0.302. The maximum Gasteiger partial charge on any atom is 0.249 e. The van der Waals surface area contributed by atoms with E-state index >= 15 is 0 Å². The van der Waals surface area contributed by atoms with Crippen molar-refractivity contribution < 1.29 is 44.9 Å². The van der Waals surface area contributed by atoms with Gasteiger partial charge in [-0.05, 0) is 70.6 Å². The molecule has 368 valence electrons. The normalized spacial score (nSPS) is 21.0. The zero-order valence-corrected chi connectivity index (χ0v) is 40.2. The summed E-state index contributed by atoms with van der Waals surface area (Å²) in [7, 11) is 0. The Hall–Kier alpha value is -1.89. The van der Waals surface area contributed by atoms with Gasteiger partial charge in [-0.25, -0.2) is 0 Å². The van der Waals surface area contributed by atoms with Crippen LogP contribution in [0, 0.1) is 0 Å². The van der Waals surface area contributed by atoms with Gasteiger partial charge in [-0.1, -0.05) is 197 Å². The Morgan fingerprint density at radius 3 is 1.38 bits per heavy atom. The topological polar surface area (TPSA) is 169 Å². The van der Waals surface area contributed by atoms with E-state index in [0.29, 0.717) is 19.3 Å². The lowest BCUT2D eigenvalue weighted by Gasteiger charge is -2.40. The minimum atomic E-state index is -1.62. The molecule has 0 spiro atoms. The molecule has 0 aliphatic carbocycles. The first kappa shape index (κ1) is 59.1. The smallest absolute Gasteiger partial charge is 0.249 e. The first-order valence-corrected chi connectivity index (χ1v) is 26.0. The third kappa shape index (κ3) is 32.4. The zero-order valence-electron chi connectivity index (χ0n) is 40.2. The maximum atomic E-state index is 13.1. The monoisotopic (exact) mass is 892 g/mol. The molecule has 7 N–H and O–H groups in total. The Morgan fingerprint density at radius 2 is 0.937 bits per heavy atom. The van der Waals surface area contributed by atoms with Crippen molar-refractivity contribution in [2.45, 2.75) is 268 Å². The molecule has 0 radical (unpaired) electrons. The fourth-order valence-electron chi connectivity index (χ4n) is 7.95. The van der Waals surface area contributed by atoms with E-state index in [4.69, 9.17) is 9.47 Å². The zero-order chi connectivity index (χ0) is 46.0. The number of ether oxygens (including phenoxy) is 2. The number of hydrogen-bond donors (Lipinski definition) is 7. The van der Waals surface area contributed by atoms with Crippen molar-refractivity contribution in [2.75, 3.05) is 13.2 Å². The van der Waals surface area contributed by atoms with E-state index in [2.05, 4.69) is 55.6 Å². The minimum absolute atomic E-state index is 0.293. The van der Waals surface area contributed by atoms with Crippen molar-refractivity contribution >= 4 is 5.91 Å². The third-order valence-electron chi connectivity index (χ3n) is 12.2. The van der Waals surface area contributed by atoms with Crippen molar-refractivity contribution in [3.05, 3.63) is 48.6 Å². The van der Waals surface area contributed by atoms with Crippen molar-refractivity contribution in [2.24, 2.45) is 0 Å². The summed E-state index contributed by atoms with van der Waals surface area (Å²) in [6.45, 7) is 3.59. The Kier molecular flexibility index (Phi) is 40.1.